The van der Waals surface area contributed by atoms with Gasteiger partial charge < -0.3 is 5.73 Å². The molecule has 0 amide bonds. The van der Waals surface area contributed by atoms with E-state index in [1.165, 1.54) is 23.7 Å². The van der Waals surface area contributed by atoms with E-state index in [0.29, 0.717) is 24.9 Å². The highest BCUT2D eigenvalue weighted by molar-refractivity contribution is 5.26. The summed E-state index contributed by atoms with van der Waals surface area (Å²) >= 11 is 0. The molecule has 3 heterocycles. The second-order valence-corrected chi connectivity index (χ2v) is 4.96. The van der Waals surface area contributed by atoms with E-state index in [2.05, 4.69) is 20.0 Å². The number of nitrogens with zero attached hydrogens (tertiary/aromatic N) is 4. The molecule has 3 N–H and O–H groups in total. The van der Waals surface area contributed by atoms with Gasteiger partial charge in [0, 0.05) is 25.2 Å². The fourth-order valence-electron chi connectivity index (χ4n) is 2.69. The third-order valence-corrected chi connectivity index (χ3v) is 3.71. The van der Waals surface area contributed by atoms with Gasteiger partial charge in [0.25, 0.3) is 11.3 Å². The van der Waals surface area contributed by atoms with Crippen LogP contribution in [-0.4, -0.2) is 43.6 Å². The summed E-state index contributed by atoms with van der Waals surface area (Å²) in [5.41, 5.74) is 6.44. The molecule has 1 aliphatic heterocycles. The Labute approximate surface area is 110 Å². The van der Waals surface area contributed by atoms with Crippen LogP contribution in [0.1, 0.15) is 25.0 Å². The molecule has 1 saturated heterocycles. The van der Waals surface area contributed by atoms with Gasteiger partial charge in [0.1, 0.15) is 6.33 Å². The Kier molecular flexibility index (Phi) is 3.31. The summed E-state index contributed by atoms with van der Waals surface area (Å²) in [6.07, 6.45) is 5.00. The summed E-state index contributed by atoms with van der Waals surface area (Å²) in [5, 5.41) is 2.74. The summed E-state index contributed by atoms with van der Waals surface area (Å²) in [5.74, 6) is 0.420. The maximum Gasteiger partial charge on any atom is 0.274 e. The molecule has 0 aromatic carbocycles. The SMILES string of the molecule is NCC1CCCCN1Cc1cc(=O)n2[nH]cnc2n1. The van der Waals surface area contributed by atoms with Crippen LogP contribution in [0.25, 0.3) is 5.78 Å². The summed E-state index contributed by atoms with van der Waals surface area (Å²) in [7, 11) is 0. The molecule has 2 aromatic heterocycles. The van der Waals surface area contributed by atoms with Gasteiger partial charge in [-0.05, 0) is 19.4 Å². The van der Waals surface area contributed by atoms with Crippen molar-refractivity contribution in [2.24, 2.45) is 5.73 Å². The number of nitrogens with one attached hydrogen (secondary N) is 1. The van der Waals surface area contributed by atoms with E-state index in [4.69, 9.17) is 5.73 Å². The molecule has 2 aromatic rings. The Morgan fingerprint density at radius 2 is 2.37 bits per heavy atom. The van der Waals surface area contributed by atoms with E-state index in [1.807, 2.05) is 0 Å². The van der Waals surface area contributed by atoms with Crippen molar-refractivity contribution >= 4 is 5.78 Å². The second-order valence-electron chi connectivity index (χ2n) is 4.96. The minimum atomic E-state index is -0.126. The highest BCUT2D eigenvalue weighted by Crippen LogP contribution is 2.17. The zero-order valence-electron chi connectivity index (χ0n) is 10.7. The normalized spacial score (nSPS) is 21.0. The molecule has 0 aliphatic carbocycles. The molecule has 0 bridgehead atoms. The van der Waals surface area contributed by atoms with Gasteiger partial charge in [-0.1, -0.05) is 6.42 Å². The first kappa shape index (κ1) is 12.3. The number of hydrogen-bond donors (Lipinski definition) is 2. The van der Waals surface area contributed by atoms with E-state index in [-0.39, 0.29) is 5.56 Å². The molecule has 7 nitrogen and oxygen atoms in total. The number of H-pyrrole nitrogens is 1. The van der Waals surface area contributed by atoms with Crippen LogP contribution in [0, 0.1) is 0 Å². The average Bonchev–Trinajstić information content (AvgIpc) is 2.88. The van der Waals surface area contributed by atoms with Gasteiger partial charge in [0.2, 0.25) is 0 Å². The average molecular weight is 262 g/mol. The van der Waals surface area contributed by atoms with Crippen LogP contribution in [0.5, 0.6) is 0 Å². The van der Waals surface area contributed by atoms with Crippen molar-refractivity contribution < 1.29 is 0 Å². The minimum Gasteiger partial charge on any atom is -0.329 e. The number of nitrogens with two attached hydrogens (primary N) is 1. The van der Waals surface area contributed by atoms with Crippen molar-refractivity contribution in [2.45, 2.75) is 31.8 Å². The second kappa shape index (κ2) is 5.10. The quantitative estimate of drug-likeness (QED) is 0.794. The van der Waals surface area contributed by atoms with Gasteiger partial charge in [-0.25, -0.2) is 9.97 Å². The number of rotatable bonds is 3. The van der Waals surface area contributed by atoms with Crippen LogP contribution < -0.4 is 11.3 Å². The lowest BCUT2D eigenvalue weighted by molar-refractivity contribution is 0.143. The summed E-state index contributed by atoms with van der Waals surface area (Å²) in [6.45, 7) is 2.34. The van der Waals surface area contributed by atoms with Crippen LogP contribution in [-0.2, 0) is 6.54 Å². The lowest BCUT2D eigenvalue weighted by Crippen LogP contribution is -2.43. The van der Waals surface area contributed by atoms with E-state index >= 15 is 0 Å². The van der Waals surface area contributed by atoms with E-state index in [9.17, 15) is 4.79 Å². The smallest absolute Gasteiger partial charge is 0.274 e. The van der Waals surface area contributed by atoms with Gasteiger partial charge in [-0.3, -0.25) is 14.8 Å². The molecule has 1 aliphatic rings. The highest BCUT2D eigenvalue weighted by atomic mass is 16.1. The molecule has 0 spiro atoms. The van der Waals surface area contributed by atoms with E-state index in [1.54, 1.807) is 6.07 Å². The third kappa shape index (κ3) is 2.39. The summed E-state index contributed by atoms with van der Waals surface area (Å²) < 4.78 is 1.33. The molecule has 1 fully saturated rings. The summed E-state index contributed by atoms with van der Waals surface area (Å²) in [4.78, 5) is 22.6. The van der Waals surface area contributed by atoms with Crippen molar-refractivity contribution in [2.75, 3.05) is 13.1 Å². The highest BCUT2D eigenvalue weighted by Gasteiger charge is 2.21. The molecular formula is C12H18N6O. The number of hydrogen-bond acceptors (Lipinski definition) is 5. The fraction of sp³-hybridized carbons (Fsp3) is 0.583. The molecule has 7 heteroatoms. The van der Waals surface area contributed by atoms with Crippen molar-refractivity contribution in [3.05, 3.63) is 28.4 Å². The minimum absolute atomic E-state index is 0.126. The van der Waals surface area contributed by atoms with E-state index in [0.717, 1.165) is 18.7 Å². The molecule has 0 radical (unpaired) electrons. The van der Waals surface area contributed by atoms with Crippen molar-refractivity contribution in [3.8, 4) is 0 Å². The summed E-state index contributed by atoms with van der Waals surface area (Å²) in [6, 6.07) is 1.96. The van der Waals surface area contributed by atoms with Gasteiger partial charge >= 0.3 is 0 Å². The number of piperidine rings is 1. The maximum atomic E-state index is 11.9. The first-order valence-electron chi connectivity index (χ1n) is 6.64. The number of aromatic nitrogens is 4. The van der Waals surface area contributed by atoms with Gasteiger partial charge in [-0.15, -0.1) is 0 Å². The lowest BCUT2D eigenvalue weighted by atomic mass is 10.0. The lowest BCUT2D eigenvalue weighted by Gasteiger charge is -2.34. The van der Waals surface area contributed by atoms with Crippen molar-refractivity contribution in [3.63, 3.8) is 0 Å². The predicted molar refractivity (Wildman–Crippen MR) is 70.7 cm³/mol. The molecule has 3 rings (SSSR count). The van der Waals surface area contributed by atoms with Crippen LogP contribution in [0.4, 0.5) is 0 Å². The molecule has 102 valence electrons. The van der Waals surface area contributed by atoms with Crippen molar-refractivity contribution in [1.29, 1.82) is 0 Å². The number of aromatic amines is 1. The van der Waals surface area contributed by atoms with Crippen LogP contribution in [0.2, 0.25) is 0 Å². The molecule has 0 saturated carbocycles. The predicted octanol–water partition coefficient (Wildman–Crippen LogP) is -0.269. The Morgan fingerprint density at radius 3 is 3.21 bits per heavy atom. The van der Waals surface area contributed by atoms with Gasteiger partial charge in [0.15, 0.2) is 0 Å². The monoisotopic (exact) mass is 262 g/mol. The Balaban J connectivity index is 1.85. The number of likely N-dealkylation sites (tertiary alicyclic amines) is 1. The van der Waals surface area contributed by atoms with Crippen LogP contribution in [0.3, 0.4) is 0 Å². The fourth-order valence-corrected chi connectivity index (χ4v) is 2.69. The molecular weight excluding hydrogens is 244 g/mol. The van der Waals surface area contributed by atoms with Crippen molar-refractivity contribution in [1.82, 2.24) is 24.5 Å². The third-order valence-electron chi connectivity index (χ3n) is 3.71. The Hall–Kier alpha value is -1.73. The van der Waals surface area contributed by atoms with Crippen LogP contribution >= 0.6 is 0 Å². The largest absolute Gasteiger partial charge is 0.329 e. The molecule has 1 atom stereocenters. The maximum absolute atomic E-state index is 11.9. The van der Waals surface area contributed by atoms with Gasteiger partial charge in [0.05, 0.1) is 5.69 Å². The Morgan fingerprint density at radius 1 is 1.47 bits per heavy atom. The first-order chi connectivity index (χ1) is 9.28. The molecule has 1 unspecified atom stereocenters. The molecule has 19 heavy (non-hydrogen) atoms. The topological polar surface area (TPSA) is 92.3 Å². The number of fused-ring (bicyclic) bond motifs is 1. The first-order valence-corrected chi connectivity index (χ1v) is 6.64. The van der Waals surface area contributed by atoms with Gasteiger partial charge in [-0.2, -0.15) is 4.52 Å². The van der Waals surface area contributed by atoms with Crippen LogP contribution in [0.15, 0.2) is 17.2 Å². The zero-order valence-corrected chi connectivity index (χ0v) is 10.7. The standard InChI is InChI=1S/C12H18N6O/c13-6-10-3-1-2-4-17(10)7-9-5-11(19)18-12(16-9)14-8-15-18/h5,8,10H,1-4,6-7,13H2,(H,14,15,16). The Bertz CT molecular complexity index is 618. The zero-order chi connectivity index (χ0) is 13.2. The van der Waals surface area contributed by atoms with E-state index < -0.39 is 0 Å².